The molecule has 0 radical (unpaired) electrons. The molecule has 0 bridgehead atoms. The Hall–Kier alpha value is -1.04. The summed E-state index contributed by atoms with van der Waals surface area (Å²) in [7, 11) is 0. The lowest BCUT2D eigenvalue weighted by atomic mass is 10.2. The summed E-state index contributed by atoms with van der Waals surface area (Å²) in [6.45, 7) is 1.47. The third-order valence-corrected chi connectivity index (χ3v) is 1.23. The highest BCUT2D eigenvalue weighted by atomic mass is 19.4. The molecule has 0 spiro atoms. The van der Waals surface area contributed by atoms with Crippen LogP contribution in [0.25, 0.3) is 0 Å². The number of aliphatic hydroxyl groups is 1. The summed E-state index contributed by atoms with van der Waals surface area (Å²) in [6, 6.07) is 1.04. The van der Waals surface area contributed by atoms with Gasteiger partial charge >= 0.3 is 6.18 Å². The molecular weight excluding hydrogens is 175 g/mol. The van der Waals surface area contributed by atoms with Gasteiger partial charge in [-0.3, -0.25) is 0 Å². The summed E-state index contributed by atoms with van der Waals surface area (Å²) >= 11 is 0. The summed E-state index contributed by atoms with van der Waals surface area (Å²) in [5.74, 6) is -0.583. The standard InChI is InChI=1S/C6H6F3NO2/c1-3-2-4(12-10-3)5(11)6(7,8)9/h2,5,11H,1H3/t5-/m1/s1. The summed E-state index contributed by atoms with van der Waals surface area (Å²) in [5.41, 5.74) is 0.299. The number of hydrogen-bond donors (Lipinski definition) is 1. The van der Waals surface area contributed by atoms with Crippen molar-refractivity contribution in [3.63, 3.8) is 0 Å². The number of rotatable bonds is 1. The molecule has 1 atom stereocenters. The van der Waals surface area contributed by atoms with Crippen molar-refractivity contribution in [2.45, 2.75) is 19.2 Å². The van der Waals surface area contributed by atoms with Crippen molar-refractivity contribution in [1.29, 1.82) is 0 Å². The van der Waals surface area contributed by atoms with Crippen molar-refractivity contribution in [3.05, 3.63) is 17.5 Å². The molecule has 0 aliphatic rings. The number of hydrogen-bond acceptors (Lipinski definition) is 3. The lowest BCUT2D eigenvalue weighted by molar-refractivity contribution is -0.212. The Balaban J connectivity index is 2.85. The predicted molar refractivity (Wildman–Crippen MR) is 32.3 cm³/mol. The van der Waals surface area contributed by atoms with Gasteiger partial charge in [0, 0.05) is 6.07 Å². The van der Waals surface area contributed by atoms with Gasteiger partial charge < -0.3 is 9.63 Å². The third-order valence-electron chi connectivity index (χ3n) is 1.23. The zero-order chi connectivity index (χ0) is 9.35. The first-order valence-electron chi connectivity index (χ1n) is 3.09. The van der Waals surface area contributed by atoms with Crippen LogP contribution < -0.4 is 0 Å². The highest BCUT2D eigenvalue weighted by Gasteiger charge is 2.41. The molecule has 1 aromatic rings. The van der Waals surface area contributed by atoms with Crippen molar-refractivity contribution in [2.75, 3.05) is 0 Å². The Morgan fingerprint density at radius 2 is 2.17 bits per heavy atom. The van der Waals surface area contributed by atoms with Crippen LogP contribution in [-0.4, -0.2) is 16.4 Å². The fourth-order valence-corrected chi connectivity index (χ4v) is 0.673. The van der Waals surface area contributed by atoms with Crippen LogP contribution in [0.4, 0.5) is 13.2 Å². The molecule has 0 fully saturated rings. The lowest BCUT2D eigenvalue weighted by Crippen LogP contribution is -2.19. The van der Waals surface area contributed by atoms with E-state index in [0.717, 1.165) is 6.07 Å². The monoisotopic (exact) mass is 181 g/mol. The van der Waals surface area contributed by atoms with E-state index in [1.165, 1.54) is 6.92 Å². The second-order valence-electron chi connectivity index (χ2n) is 2.31. The molecule has 0 amide bonds. The minimum atomic E-state index is -4.70. The van der Waals surface area contributed by atoms with Gasteiger partial charge in [-0.1, -0.05) is 5.16 Å². The van der Waals surface area contributed by atoms with E-state index >= 15 is 0 Å². The van der Waals surface area contributed by atoms with Crippen molar-refractivity contribution in [2.24, 2.45) is 0 Å². The second kappa shape index (κ2) is 2.78. The molecule has 1 aromatic heterocycles. The number of alkyl halides is 3. The van der Waals surface area contributed by atoms with Gasteiger partial charge in [0.25, 0.3) is 0 Å². The predicted octanol–water partition coefficient (Wildman–Crippen LogP) is 1.58. The van der Waals surface area contributed by atoms with Crippen LogP contribution in [0.2, 0.25) is 0 Å². The van der Waals surface area contributed by atoms with Crippen molar-refractivity contribution in [1.82, 2.24) is 5.16 Å². The first kappa shape index (κ1) is 9.05. The van der Waals surface area contributed by atoms with Gasteiger partial charge in [-0.15, -0.1) is 0 Å². The van der Waals surface area contributed by atoms with Crippen molar-refractivity contribution >= 4 is 0 Å². The van der Waals surface area contributed by atoms with Crippen LogP contribution in [0.15, 0.2) is 10.6 Å². The van der Waals surface area contributed by atoms with E-state index in [2.05, 4.69) is 9.68 Å². The summed E-state index contributed by atoms with van der Waals surface area (Å²) < 4.78 is 39.7. The zero-order valence-electron chi connectivity index (χ0n) is 6.09. The topological polar surface area (TPSA) is 46.3 Å². The van der Waals surface area contributed by atoms with Crippen LogP contribution in [0.5, 0.6) is 0 Å². The number of aliphatic hydroxyl groups excluding tert-OH is 1. The van der Waals surface area contributed by atoms with Gasteiger partial charge in [0.05, 0.1) is 5.69 Å². The largest absolute Gasteiger partial charge is 0.421 e. The smallest absolute Gasteiger partial charge is 0.377 e. The second-order valence-corrected chi connectivity index (χ2v) is 2.31. The maximum atomic E-state index is 11.8. The van der Waals surface area contributed by atoms with Crippen LogP contribution in [0.3, 0.4) is 0 Å². The van der Waals surface area contributed by atoms with Crippen LogP contribution in [0.1, 0.15) is 17.6 Å². The normalized spacial score (nSPS) is 14.8. The van der Waals surface area contributed by atoms with Gasteiger partial charge in [-0.2, -0.15) is 13.2 Å². The van der Waals surface area contributed by atoms with Gasteiger partial charge in [-0.05, 0) is 6.92 Å². The van der Waals surface area contributed by atoms with Crippen molar-refractivity contribution in [3.8, 4) is 0 Å². The van der Waals surface area contributed by atoms with Gasteiger partial charge in [0.1, 0.15) is 0 Å². The molecule has 0 saturated carbocycles. The fraction of sp³-hybridized carbons (Fsp3) is 0.500. The lowest BCUT2D eigenvalue weighted by Gasteiger charge is -2.09. The molecule has 1 rings (SSSR count). The minimum absolute atomic E-state index is 0.299. The van der Waals surface area contributed by atoms with Gasteiger partial charge in [0.2, 0.25) is 6.10 Å². The number of aromatic nitrogens is 1. The maximum absolute atomic E-state index is 11.8. The number of halogens is 3. The molecule has 0 aliphatic heterocycles. The Bertz CT molecular complexity index is 268. The summed E-state index contributed by atoms with van der Waals surface area (Å²) in [6.07, 6.45) is -7.29. The van der Waals surface area contributed by atoms with E-state index in [9.17, 15) is 13.2 Å². The van der Waals surface area contributed by atoms with E-state index < -0.39 is 18.0 Å². The average molecular weight is 181 g/mol. The third kappa shape index (κ3) is 1.76. The molecule has 68 valence electrons. The Kier molecular flexibility index (Phi) is 2.10. The first-order valence-corrected chi connectivity index (χ1v) is 3.09. The highest BCUT2D eigenvalue weighted by molar-refractivity contribution is 5.07. The van der Waals surface area contributed by atoms with E-state index in [0.29, 0.717) is 5.69 Å². The van der Waals surface area contributed by atoms with E-state index in [4.69, 9.17) is 5.11 Å². The van der Waals surface area contributed by atoms with Crippen LogP contribution in [-0.2, 0) is 0 Å². The Labute approximate surface area is 65.8 Å². The zero-order valence-corrected chi connectivity index (χ0v) is 6.09. The Morgan fingerprint density at radius 1 is 1.58 bits per heavy atom. The van der Waals surface area contributed by atoms with Gasteiger partial charge in [-0.25, -0.2) is 0 Å². The van der Waals surface area contributed by atoms with Crippen LogP contribution in [0, 0.1) is 6.92 Å². The molecule has 0 aromatic carbocycles. The summed E-state index contributed by atoms with van der Waals surface area (Å²) in [5, 5.41) is 11.8. The summed E-state index contributed by atoms with van der Waals surface area (Å²) in [4.78, 5) is 0. The van der Waals surface area contributed by atoms with E-state index in [1.807, 2.05) is 0 Å². The van der Waals surface area contributed by atoms with Gasteiger partial charge in [0.15, 0.2) is 5.76 Å². The molecule has 6 heteroatoms. The SMILES string of the molecule is Cc1cc([C@@H](O)C(F)(F)F)on1. The first-order chi connectivity index (χ1) is 5.41. The molecule has 12 heavy (non-hydrogen) atoms. The number of aryl methyl sites for hydroxylation is 1. The molecule has 0 aliphatic carbocycles. The van der Waals surface area contributed by atoms with Crippen LogP contribution >= 0.6 is 0 Å². The average Bonchev–Trinajstić information content (AvgIpc) is 2.32. The molecule has 1 N–H and O–H groups in total. The minimum Gasteiger partial charge on any atom is -0.377 e. The fourth-order valence-electron chi connectivity index (χ4n) is 0.673. The molecule has 0 saturated heterocycles. The van der Waals surface area contributed by atoms with E-state index in [-0.39, 0.29) is 0 Å². The van der Waals surface area contributed by atoms with E-state index in [1.54, 1.807) is 0 Å². The molecule has 0 unspecified atom stereocenters. The molecule has 3 nitrogen and oxygen atoms in total. The maximum Gasteiger partial charge on any atom is 0.421 e. The highest BCUT2D eigenvalue weighted by Crippen LogP contribution is 2.32. The molecular formula is C6H6F3NO2. The van der Waals surface area contributed by atoms with Crippen molar-refractivity contribution < 1.29 is 22.8 Å². The Morgan fingerprint density at radius 3 is 2.50 bits per heavy atom. The quantitative estimate of drug-likeness (QED) is 0.715. The molecule has 1 heterocycles. The number of nitrogens with zero attached hydrogens (tertiary/aromatic N) is 1.